The topological polar surface area (TPSA) is 84.6 Å². The first-order valence-corrected chi connectivity index (χ1v) is 8.04. The van der Waals surface area contributed by atoms with Crippen LogP contribution in [0.25, 0.3) is 0 Å². The van der Waals surface area contributed by atoms with E-state index in [0.29, 0.717) is 13.0 Å². The predicted molar refractivity (Wildman–Crippen MR) is 85.5 cm³/mol. The number of aryl methyl sites for hydroxylation is 1. The molecule has 0 fully saturated rings. The molecule has 5 nitrogen and oxygen atoms in total. The first kappa shape index (κ1) is 17.9. The average Bonchev–Trinajstić information content (AvgIpc) is 2.83. The van der Waals surface area contributed by atoms with Crippen LogP contribution in [-0.4, -0.2) is 29.4 Å². The summed E-state index contributed by atoms with van der Waals surface area (Å²) in [5, 5.41) is 13.2. The lowest BCUT2D eigenvalue weighted by atomic mass is 10.1. The summed E-state index contributed by atoms with van der Waals surface area (Å²) in [6.45, 7) is 7.84. The first-order valence-electron chi connectivity index (χ1n) is 7.23. The third-order valence-corrected chi connectivity index (χ3v) is 4.18. The number of aliphatic hydroxyl groups is 1. The lowest BCUT2D eigenvalue weighted by Crippen LogP contribution is -2.43. The van der Waals surface area contributed by atoms with Crippen molar-refractivity contribution in [1.82, 2.24) is 5.32 Å². The Morgan fingerprint density at radius 1 is 1.48 bits per heavy atom. The molecule has 0 saturated carbocycles. The van der Waals surface area contributed by atoms with Crippen LogP contribution >= 0.6 is 11.3 Å². The largest absolute Gasteiger partial charge is 0.444 e. The molecule has 1 heterocycles. The smallest absolute Gasteiger partial charge is 0.407 e. The maximum absolute atomic E-state index is 11.9. The van der Waals surface area contributed by atoms with Crippen molar-refractivity contribution in [3.05, 3.63) is 21.9 Å². The Hall–Kier alpha value is -1.11. The Labute approximate surface area is 130 Å². The van der Waals surface area contributed by atoms with Crippen LogP contribution in [0.1, 0.15) is 50.0 Å². The lowest BCUT2D eigenvalue weighted by Gasteiger charge is -2.26. The SMILES string of the molecule is CCc1ccc(C(O)C(CCN)NC(=O)OC(C)(C)C)s1. The zero-order valence-corrected chi connectivity index (χ0v) is 14.0. The highest BCUT2D eigenvalue weighted by atomic mass is 32.1. The maximum Gasteiger partial charge on any atom is 0.407 e. The Bertz CT molecular complexity index is 454. The maximum atomic E-state index is 11.9. The van der Waals surface area contributed by atoms with Gasteiger partial charge < -0.3 is 20.9 Å². The number of rotatable bonds is 6. The summed E-state index contributed by atoms with van der Waals surface area (Å²) in [5.41, 5.74) is 5.01. The number of carbonyl (C=O) groups excluding carboxylic acids is 1. The summed E-state index contributed by atoms with van der Waals surface area (Å²) in [6, 6.07) is 3.44. The van der Waals surface area contributed by atoms with E-state index in [9.17, 15) is 9.90 Å². The summed E-state index contributed by atoms with van der Waals surface area (Å²) < 4.78 is 5.23. The van der Waals surface area contributed by atoms with Crippen molar-refractivity contribution in [2.45, 2.75) is 58.3 Å². The molecule has 6 heteroatoms. The molecule has 0 aromatic carbocycles. The van der Waals surface area contributed by atoms with E-state index in [-0.39, 0.29) is 0 Å². The molecular formula is C15H26N2O3S. The van der Waals surface area contributed by atoms with Gasteiger partial charge in [0.25, 0.3) is 0 Å². The number of hydrogen-bond donors (Lipinski definition) is 3. The van der Waals surface area contributed by atoms with Crippen molar-refractivity contribution in [2.24, 2.45) is 5.73 Å². The van der Waals surface area contributed by atoms with Crippen LogP contribution in [0, 0.1) is 0 Å². The summed E-state index contributed by atoms with van der Waals surface area (Å²) in [6.07, 6.45) is 0.108. The molecule has 1 amide bonds. The molecule has 4 N–H and O–H groups in total. The number of amides is 1. The van der Waals surface area contributed by atoms with Gasteiger partial charge in [-0.1, -0.05) is 6.92 Å². The van der Waals surface area contributed by atoms with Crippen molar-refractivity contribution in [1.29, 1.82) is 0 Å². The minimum absolute atomic E-state index is 0.379. The van der Waals surface area contributed by atoms with Gasteiger partial charge in [0.05, 0.1) is 6.04 Å². The number of ether oxygens (including phenoxy) is 1. The van der Waals surface area contributed by atoms with Crippen molar-refractivity contribution in [2.75, 3.05) is 6.54 Å². The molecule has 0 saturated heterocycles. The highest BCUT2D eigenvalue weighted by Crippen LogP contribution is 2.27. The number of alkyl carbamates (subject to hydrolysis) is 1. The van der Waals surface area contributed by atoms with Gasteiger partial charge in [-0.05, 0) is 52.3 Å². The van der Waals surface area contributed by atoms with E-state index in [4.69, 9.17) is 10.5 Å². The van der Waals surface area contributed by atoms with Crippen LogP contribution in [-0.2, 0) is 11.2 Å². The Balaban J connectivity index is 2.73. The molecule has 1 rings (SSSR count). The van der Waals surface area contributed by atoms with E-state index in [1.165, 1.54) is 4.88 Å². The Morgan fingerprint density at radius 2 is 2.14 bits per heavy atom. The van der Waals surface area contributed by atoms with Gasteiger partial charge in [-0.2, -0.15) is 0 Å². The first-order chi connectivity index (χ1) is 9.76. The second kappa shape index (κ2) is 7.77. The summed E-state index contributed by atoms with van der Waals surface area (Å²) in [4.78, 5) is 13.9. The van der Waals surface area contributed by atoms with Gasteiger partial charge in [-0.3, -0.25) is 0 Å². The summed E-state index contributed by atoms with van der Waals surface area (Å²) >= 11 is 1.55. The van der Waals surface area contributed by atoms with Crippen LogP contribution in [0.3, 0.4) is 0 Å². The van der Waals surface area contributed by atoms with Gasteiger partial charge >= 0.3 is 6.09 Å². The third kappa shape index (κ3) is 6.03. The molecule has 0 aliphatic carbocycles. The van der Waals surface area contributed by atoms with Crippen LogP contribution in [0.2, 0.25) is 0 Å². The van der Waals surface area contributed by atoms with Crippen molar-refractivity contribution >= 4 is 17.4 Å². The Morgan fingerprint density at radius 3 is 2.62 bits per heavy atom. The highest BCUT2D eigenvalue weighted by molar-refractivity contribution is 7.12. The van der Waals surface area contributed by atoms with Gasteiger partial charge in [-0.25, -0.2) is 4.79 Å². The summed E-state index contributed by atoms with van der Waals surface area (Å²) in [7, 11) is 0. The molecule has 0 bridgehead atoms. The third-order valence-electron chi connectivity index (χ3n) is 2.88. The fourth-order valence-electron chi connectivity index (χ4n) is 1.89. The van der Waals surface area contributed by atoms with E-state index < -0.39 is 23.8 Å². The van der Waals surface area contributed by atoms with Crippen LogP contribution in [0.4, 0.5) is 4.79 Å². The zero-order chi connectivity index (χ0) is 16.0. The molecule has 2 atom stereocenters. The molecule has 0 spiro atoms. The second-order valence-electron chi connectivity index (χ2n) is 5.93. The highest BCUT2D eigenvalue weighted by Gasteiger charge is 2.26. The van der Waals surface area contributed by atoms with Gasteiger partial charge in [0.1, 0.15) is 11.7 Å². The van der Waals surface area contributed by atoms with Gasteiger partial charge in [-0.15, -0.1) is 11.3 Å². The molecule has 1 aromatic rings. The van der Waals surface area contributed by atoms with E-state index in [1.807, 2.05) is 12.1 Å². The van der Waals surface area contributed by atoms with Gasteiger partial charge in [0.15, 0.2) is 0 Å². The van der Waals surface area contributed by atoms with E-state index >= 15 is 0 Å². The molecule has 120 valence electrons. The Kier molecular flexibility index (Phi) is 6.64. The van der Waals surface area contributed by atoms with E-state index in [1.54, 1.807) is 32.1 Å². The van der Waals surface area contributed by atoms with E-state index in [0.717, 1.165) is 11.3 Å². The number of carbonyl (C=O) groups is 1. The second-order valence-corrected chi connectivity index (χ2v) is 7.13. The lowest BCUT2D eigenvalue weighted by molar-refractivity contribution is 0.0419. The molecule has 0 aliphatic rings. The normalized spacial score (nSPS) is 14.6. The monoisotopic (exact) mass is 314 g/mol. The van der Waals surface area contributed by atoms with Gasteiger partial charge in [0.2, 0.25) is 0 Å². The quantitative estimate of drug-likeness (QED) is 0.753. The number of nitrogens with two attached hydrogens (primary N) is 1. The minimum atomic E-state index is -0.772. The molecule has 21 heavy (non-hydrogen) atoms. The van der Waals surface area contributed by atoms with Crippen molar-refractivity contribution in [3.63, 3.8) is 0 Å². The molecule has 1 aromatic heterocycles. The minimum Gasteiger partial charge on any atom is -0.444 e. The number of thiophene rings is 1. The summed E-state index contributed by atoms with van der Waals surface area (Å²) in [5.74, 6) is 0. The van der Waals surface area contributed by atoms with Gasteiger partial charge in [0, 0.05) is 9.75 Å². The van der Waals surface area contributed by atoms with Crippen LogP contribution in [0.15, 0.2) is 12.1 Å². The number of aliphatic hydroxyl groups excluding tert-OH is 1. The predicted octanol–water partition coefficient (Wildman–Crippen LogP) is 2.59. The molecule has 0 radical (unpaired) electrons. The average molecular weight is 314 g/mol. The van der Waals surface area contributed by atoms with Crippen LogP contribution < -0.4 is 11.1 Å². The fraction of sp³-hybridized carbons (Fsp3) is 0.667. The van der Waals surface area contributed by atoms with E-state index in [2.05, 4.69) is 12.2 Å². The number of nitrogens with one attached hydrogen (secondary N) is 1. The van der Waals surface area contributed by atoms with Crippen molar-refractivity contribution in [3.8, 4) is 0 Å². The molecule has 2 unspecified atom stereocenters. The molecule has 0 aliphatic heterocycles. The zero-order valence-electron chi connectivity index (χ0n) is 13.2. The standard InChI is InChI=1S/C15H26N2O3S/c1-5-10-6-7-12(21-10)13(18)11(8-9-16)17-14(19)20-15(2,3)4/h6-7,11,13,18H,5,8-9,16H2,1-4H3,(H,17,19). The van der Waals surface area contributed by atoms with Crippen LogP contribution in [0.5, 0.6) is 0 Å². The number of hydrogen-bond acceptors (Lipinski definition) is 5. The van der Waals surface area contributed by atoms with Crippen molar-refractivity contribution < 1.29 is 14.6 Å². The molecular weight excluding hydrogens is 288 g/mol. The fourth-order valence-corrected chi connectivity index (χ4v) is 2.89.